The minimum absolute atomic E-state index is 0.282. The van der Waals surface area contributed by atoms with Gasteiger partial charge in [-0.25, -0.2) is 4.39 Å². The summed E-state index contributed by atoms with van der Waals surface area (Å²) in [6.07, 6.45) is 0.622. The monoisotopic (exact) mass is 240 g/mol. The Hall–Kier alpha value is -1.42. The number of aliphatic hydroxyl groups excluding tert-OH is 1. The van der Waals surface area contributed by atoms with Crippen molar-refractivity contribution in [3.8, 4) is 0 Å². The van der Waals surface area contributed by atoms with E-state index in [1.807, 2.05) is 0 Å². The maximum atomic E-state index is 13.0. The predicted molar refractivity (Wildman–Crippen MR) is 62.0 cm³/mol. The molecular formula is C13H17FO3. The maximum absolute atomic E-state index is 13.0. The first-order valence-electron chi connectivity index (χ1n) is 5.55. The van der Waals surface area contributed by atoms with Gasteiger partial charge in [-0.2, -0.15) is 0 Å². The van der Waals surface area contributed by atoms with Crippen molar-refractivity contribution in [3.05, 3.63) is 35.1 Å². The first kappa shape index (κ1) is 13.6. The highest BCUT2D eigenvalue weighted by Crippen LogP contribution is 2.21. The summed E-state index contributed by atoms with van der Waals surface area (Å²) in [6, 6.07) is 4.53. The average molecular weight is 240 g/mol. The van der Waals surface area contributed by atoms with Crippen LogP contribution in [0.1, 0.15) is 36.5 Å². The number of aliphatic hydroxyl groups is 1. The van der Waals surface area contributed by atoms with Crippen LogP contribution in [0.3, 0.4) is 0 Å². The lowest BCUT2D eigenvalue weighted by Gasteiger charge is -2.11. The first-order chi connectivity index (χ1) is 8.04. The van der Waals surface area contributed by atoms with Crippen molar-refractivity contribution in [2.75, 3.05) is 7.11 Å². The van der Waals surface area contributed by atoms with Gasteiger partial charge in [0, 0.05) is 6.42 Å². The standard InChI is InChI=1S/C13H17FO3/c1-9-8-10(6-7-11(9)14)12(15)4-3-5-13(16)17-2/h6-8,12,15H,3-5H2,1-2H3. The summed E-state index contributed by atoms with van der Waals surface area (Å²) in [5, 5.41) is 9.85. The third kappa shape index (κ3) is 4.15. The molecule has 0 aromatic heterocycles. The Kier molecular flexibility index (Phi) is 5.10. The Bertz CT molecular complexity index is 390. The number of aryl methyl sites for hydroxylation is 1. The minimum atomic E-state index is -0.668. The highest BCUT2D eigenvalue weighted by Gasteiger charge is 2.10. The predicted octanol–water partition coefficient (Wildman–Crippen LogP) is 2.51. The molecule has 0 aliphatic heterocycles. The lowest BCUT2D eigenvalue weighted by atomic mass is 10.0. The van der Waals surface area contributed by atoms with Crippen molar-refractivity contribution < 1.29 is 19.0 Å². The zero-order valence-electron chi connectivity index (χ0n) is 10.1. The smallest absolute Gasteiger partial charge is 0.305 e. The Labute approximate surface area is 100 Å². The van der Waals surface area contributed by atoms with Gasteiger partial charge in [0.25, 0.3) is 0 Å². The van der Waals surface area contributed by atoms with Crippen LogP contribution in [0.4, 0.5) is 4.39 Å². The van der Waals surface area contributed by atoms with E-state index in [4.69, 9.17) is 0 Å². The molecule has 0 radical (unpaired) electrons. The molecule has 1 rings (SSSR count). The molecule has 1 atom stereocenters. The quantitative estimate of drug-likeness (QED) is 0.804. The van der Waals surface area contributed by atoms with Crippen molar-refractivity contribution in [2.45, 2.75) is 32.3 Å². The summed E-state index contributed by atoms with van der Waals surface area (Å²) in [4.78, 5) is 10.9. The van der Waals surface area contributed by atoms with E-state index in [2.05, 4.69) is 4.74 Å². The van der Waals surface area contributed by atoms with Gasteiger partial charge in [-0.3, -0.25) is 4.79 Å². The fourth-order valence-corrected chi connectivity index (χ4v) is 1.58. The summed E-state index contributed by atoms with van der Waals surface area (Å²) < 4.78 is 17.5. The number of rotatable bonds is 5. The van der Waals surface area contributed by atoms with E-state index in [1.165, 1.54) is 13.2 Å². The number of esters is 1. The second-order valence-electron chi connectivity index (χ2n) is 3.99. The molecule has 0 bridgehead atoms. The number of carbonyl (C=O) groups is 1. The second-order valence-corrected chi connectivity index (χ2v) is 3.99. The van der Waals surface area contributed by atoms with Crippen LogP contribution in [0.15, 0.2) is 18.2 Å². The largest absolute Gasteiger partial charge is 0.469 e. The molecule has 1 aromatic rings. The fourth-order valence-electron chi connectivity index (χ4n) is 1.58. The van der Waals surface area contributed by atoms with E-state index >= 15 is 0 Å². The Morgan fingerprint density at radius 2 is 2.24 bits per heavy atom. The van der Waals surface area contributed by atoms with Crippen LogP contribution < -0.4 is 0 Å². The average Bonchev–Trinajstić information content (AvgIpc) is 2.32. The van der Waals surface area contributed by atoms with Gasteiger partial charge < -0.3 is 9.84 Å². The zero-order chi connectivity index (χ0) is 12.8. The maximum Gasteiger partial charge on any atom is 0.305 e. The van der Waals surface area contributed by atoms with Crippen LogP contribution in [-0.4, -0.2) is 18.2 Å². The second kappa shape index (κ2) is 6.35. The lowest BCUT2D eigenvalue weighted by molar-refractivity contribution is -0.140. The summed E-state index contributed by atoms with van der Waals surface area (Å²) in [5.74, 6) is -0.567. The molecule has 0 amide bonds. The van der Waals surface area contributed by atoms with Crippen LogP contribution in [0.2, 0.25) is 0 Å². The van der Waals surface area contributed by atoms with Crippen LogP contribution in [0, 0.1) is 12.7 Å². The van der Waals surface area contributed by atoms with Crippen LogP contribution in [0.5, 0.6) is 0 Å². The molecular weight excluding hydrogens is 223 g/mol. The molecule has 1 unspecified atom stereocenters. The molecule has 1 aromatic carbocycles. The molecule has 0 saturated heterocycles. The molecule has 0 fully saturated rings. The number of hydrogen-bond donors (Lipinski definition) is 1. The van der Waals surface area contributed by atoms with E-state index in [0.29, 0.717) is 24.0 Å². The Morgan fingerprint density at radius 3 is 2.82 bits per heavy atom. The molecule has 0 saturated carbocycles. The van der Waals surface area contributed by atoms with Crippen molar-refractivity contribution in [3.63, 3.8) is 0 Å². The topological polar surface area (TPSA) is 46.5 Å². The lowest BCUT2D eigenvalue weighted by Crippen LogP contribution is -2.03. The van der Waals surface area contributed by atoms with Gasteiger partial charge in [0.1, 0.15) is 5.82 Å². The SMILES string of the molecule is COC(=O)CCCC(O)c1ccc(F)c(C)c1. The zero-order valence-corrected chi connectivity index (χ0v) is 10.1. The summed E-state index contributed by atoms with van der Waals surface area (Å²) in [6.45, 7) is 1.65. The minimum Gasteiger partial charge on any atom is -0.469 e. The summed E-state index contributed by atoms with van der Waals surface area (Å²) >= 11 is 0. The van der Waals surface area contributed by atoms with Gasteiger partial charge in [0.05, 0.1) is 13.2 Å². The van der Waals surface area contributed by atoms with Gasteiger partial charge in [0.2, 0.25) is 0 Å². The molecule has 17 heavy (non-hydrogen) atoms. The van der Waals surface area contributed by atoms with Gasteiger partial charge in [0.15, 0.2) is 0 Å². The summed E-state index contributed by atoms with van der Waals surface area (Å²) in [5.41, 5.74) is 1.18. The number of methoxy groups -OCH3 is 1. The normalized spacial score (nSPS) is 12.2. The third-order valence-corrected chi connectivity index (χ3v) is 2.65. The first-order valence-corrected chi connectivity index (χ1v) is 5.55. The fraction of sp³-hybridized carbons (Fsp3) is 0.462. The molecule has 94 valence electrons. The van der Waals surface area contributed by atoms with E-state index in [0.717, 1.165) is 0 Å². The third-order valence-electron chi connectivity index (χ3n) is 2.65. The Balaban J connectivity index is 2.49. The molecule has 4 heteroatoms. The van der Waals surface area contributed by atoms with Gasteiger partial charge >= 0.3 is 5.97 Å². The molecule has 1 N–H and O–H groups in total. The molecule has 0 heterocycles. The van der Waals surface area contributed by atoms with E-state index < -0.39 is 6.10 Å². The number of ether oxygens (including phenoxy) is 1. The number of benzene rings is 1. The number of carbonyl (C=O) groups excluding carboxylic acids is 1. The summed E-state index contributed by atoms with van der Waals surface area (Å²) in [7, 11) is 1.34. The van der Waals surface area contributed by atoms with Crippen LogP contribution >= 0.6 is 0 Å². The van der Waals surface area contributed by atoms with Crippen molar-refractivity contribution >= 4 is 5.97 Å². The molecule has 3 nitrogen and oxygen atoms in total. The van der Waals surface area contributed by atoms with Crippen LogP contribution in [0.25, 0.3) is 0 Å². The van der Waals surface area contributed by atoms with Crippen molar-refractivity contribution in [1.82, 2.24) is 0 Å². The van der Waals surface area contributed by atoms with Crippen molar-refractivity contribution in [2.24, 2.45) is 0 Å². The van der Waals surface area contributed by atoms with Gasteiger partial charge in [-0.1, -0.05) is 12.1 Å². The van der Waals surface area contributed by atoms with Gasteiger partial charge in [-0.05, 0) is 37.0 Å². The number of halogens is 1. The number of hydrogen-bond acceptors (Lipinski definition) is 3. The van der Waals surface area contributed by atoms with Gasteiger partial charge in [-0.15, -0.1) is 0 Å². The van der Waals surface area contributed by atoms with Crippen LogP contribution in [-0.2, 0) is 9.53 Å². The van der Waals surface area contributed by atoms with E-state index in [1.54, 1.807) is 19.1 Å². The molecule has 0 aliphatic carbocycles. The highest BCUT2D eigenvalue weighted by atomic mass is 19.1. The molecule has 0 aliphatic rings. The van der Waals surface area contributed by atoms with E-state index in [-0.39, 0.29) is 18.2 Å². The van der Waals surface area contributed by atoms with Crippen molar-refractivity contribution in [1.29, 1.82) is 0 Å². The molecule has 0 spiro atoms. The Morgan fingerprint density at radius 1 is 1.53 bits per heavy atom. The highest BCUT2D eigenvalue weighted by molar-refractivity contribution is 5.68. The van der Waals surface area contributed by atoms with E-state index in [9.17, 15) is 14.3 Å².